The van der Waals surface area contributed by atoms with Gasteiger partial charge in [-0.1, -0.05) is 45.1 Å². The Morgan fingerprint density at radius 1 is 1.23 bits per heavy atom. The predicted molar refractivity (Wildman–Crippen MR) is 145 cm³/mol. The van der Waals surface area contributed by atoms with Crippen LogP contribution in [0.4, 0.5) is 4.79 Å². The highest BCUT2D eigenvalue weighted by molar-refractivity contribution is 5.99. The van der Waals surface area contributed by atoms with Crippen LogP contribution in [0.25, 0.3) is 17.0 Å². The Kier molecular flexibility index (Phi) is 8.62. The third-order valence-electron chi connectivity index (χ3n) is 7.17. The zero-order chi connectivity index (χ0) is 28.2. The number of esters is 2. The smallest absolute Gasteiger partial charge is 0.407 e. The average molecular weight is 540 g/mol. The van der Waals surface area contributed by atoms with Crippen LogP contribution < -0.4 is 5.32 Å². The molecule has 1 fully saturated rings. The van der Waals surface area contributed by atoms with Gasteiger partial charge < -0.3 is 29.0 Å². The number of nitrogens with zero attached hydrogens (tertiary/aromatic N) is 2. The molecule has 0 spiro atoms. The van der Waals surface area contributed by atoms with Crippen LogP contribution in [0, 0.1) is 5.41 Å². The van der Waals surface area contributed by atoms with Crippen molar-refractivity contribution in [2.24, 2.45) is 12.5 Å². The summed E-state index contributed by atoms with van der Waals surface area (Å²) >= 11 is 0. The molecule has 10 heteroatoms. The van der Waals surface area contributed by atoms with Gasteiger partial charge in [-0.15, -0.1) is 0 Å². The molecule has 2 aliphatic heterocycles. The second-order valence-electron chi connectivity index (χ2n) is 10.9. The number of fused-ring (bicyclic) bond motifs is 3. The van der Waals surface area contributed by atoms with Crippen LogP contribution in [0.3, 0.4) is 0 Å². The van der Waals surface area contributed by atoms with Crippen LogP contribution in [0.2, 0.25) is 0 Å². The number of nitrogens with one attached hydrogen (secondary N) is 1. The van der Waals surface area contributed by atoms with E-state index in [0.29, 0.717) is 12.1 Å². The SMILES string of the molecule is CCCOC(=O)[C@@H]1C[C@@H]2CN1C(=O)CNC(=O)OCC(C)(C)CC/C=C/c1cccc3c1cc(n3C)C(=O)O2. The van der Waals surface area contributed by atoms with Crippen LogP contribution in [-0.2, 0) is 30.8 Å². The van der Waals surface area contributed by atoms with Crippen molar-refractivity contribution in [1.82, 2.24) is 14.8 Å². The lowest BCUT2D eigenvalue weighted by Gasteiger charge is -2.24. The molecule has 1 aromatic carbocycles. The number of alkyl carbamates (subject to hydrolysis) is 1. The minimum atomic E-state index is -0.920. The Hall–Kier alpha value is -3.82. The van der Waals surface area contributed by atoms with E-state index in [2.05, 4.69) is 11.4 Å². The maximum Gasteiger partial charge on any atom is 0.407 e. The summed E-state index contributed by atoms with van der Waals surface area (Å²) in [6.45, 7) is 5.96. The highest BCUT2D eigenvalue weighted by Gasteiger charge is 2.42. The number of hydrogen-bond donors (Lipinski definition) is 1. The van der Waals surface area contributed by atoms with Crippen LogP contribution in [0.5, 0.6) is 0 Å². The molecule has 39 heavy (non-hydrogen) atoms. The molecule has 1 aromatic heterocycles. The van der Waals surface area contributed by atoms with Gasteiger partial charge in [0.15, 0.2) is 0 Å². The number of amides is 2. The van der Waals surface area contributed by atoms with Crippen molar-refractivity contribution in [2.45, 2.75) is 58.6 Å². The second-order valence-corrected chi connectivity index (χ2v) is 10.9. The monoisotopic (exact) mass is 539 g/mol. The molecule has 4 rings (SSSR count). The Balaban J connectivity index is 1.64. The van der Waals surface area contributed by atoms with E-state index in [9.17, 15) is 19.2 Å². The van der Waals surface area contributed by atoms with Gasteiger partial charge in [0.05, 0.1) is 19.8 Å². The van der Waals surface area contributed by atoms with Crippen LogP contribution >= 0.6 is 0 Å². The molecule has 2 aromatic rings. The van der Waals surface area contributed by atoms with Crippen molar-refractivity contribution in [2.75, 3.05) is 26.3 Å². The summed E-state index contributed by atoms with van der Waals surface area (Å²) in [5, 5.41) is 3.40. The average Bonchev–Trinajstić information content (AvgIpc) is 3.48. The van der Waals surface area contributed by atoms with Gasteiger partial charge in [-0.2, -0.15) is 0 Å². The molecule has 2 aliphatic rings. The summed E-state index contributed by atoms with van der Waals surface area (Å²) in [5.41, 5.74) is 1.96. The summed E-state index contributed by atoms with van der Waals surface area (Å²) in [7, 11) is 1.81. The summed E-state index contributed by atoms with van der Waals surface area (Å²) < 4.78 is 18.3. The molecule has 2 atom stereocenters. The van der Waals surface area contributed by atoms with Gasteiger partial charge in [0.2, 0.25) is 5.91 Å². The number of rotatable bonds is 3. The highest BCUT2D eigenvalue weighted by atomic mass is 16.6. The standard InChI is InChI=1S/C29H37N3O7/c1-5-13-37-26(34)24-14-20-17-32(24)25(33)16-30-28(36)38-18-29(2,3)12-7-6-9-19-10-8-11-22-21(19)15-23(31(22)4)27(35)39-20/h6,8-11,15,20,24H,5,7,12-14,16-18H2,1-4H3,(H,30,36)/b9-6+/t20-,24+/m1/s1. The highest BCUT2D eigenvalue weighted by Crippen LogP contribution is 2.28. The van der Waals surface area contributed by atoms with Crippen molar-refractivity contribution in [3.63, 3.8) is 0 Å². The van der Waals surface area contributed by atoms with Gasteiger partial charge in [0.1, 0.15) is 24.4 Å². The number of allylic oxidation sites excluding steroid dienone is 1. The lowest BCUT2D eigenvalue weighted by atomic mass is 9.88. The molecular weight excluding hydrogens is 502 g/mol. The van der Waals surface area contributed by atoms with Crippen molar-refractivity contribution in [3.05, 3.63) is 41.6 Å². The number of benzene rings is 1. The molecule has 2 amide bonds. The predicted octanol–water partition coefficient (Wildman–Crippen LogP) is 3.82. The Bertz CT molecular complexity index is 1280. The molecule has 10 nitrogen and oxygen atoms in total. The maximum absolute atomic E-state index is 13.3. The first-order valence-electron chi connectivity index (χ1n) is 13.4. The van der Waals surface area contributed by atoms with E-state index in [-0.39, 0.29) is 38.1 Å². The van der Waals surface area contributed by atoms with Crippen molar-refractivity contribution in [1.29, 1.82) is 0 Å². The van der Waals surface area contributed by atoms with E-state index < -0.39 is 36.1 Å². The minimum Gasteiger partial charge on any atom is -0.464 e. The molecule has 0 saturated carbocycles. The third-order valence-corrected chi connectivity index (χ3v) is 7.17. The van der Waals surface area contributed by atoms with E-state index in [1.807, 2.05) is 58.2 Å². The fraction of sp³-hybridized carbons (Fsp3) is 0.517. The molecule has 0 unspecified atom stereocenters. The van der Waals surface area contributed by atoms with Gasteiger partial charge in [0, 0.05) is 24.4 Å². The molecule has 4 bridgehead atoms. The quantitative estimate of drug-likeness (QED) is 0.466. The molecule has 210 valence electrons. The first kappa shape index (κ1) is 28.2. The molecule has 1 saturated heterocycles. The largest absolute Gasteiger partial charge is 0.464 e. The lowest BCUT2D eigenvalue weighted by molar-refractivity contribution is -0.153. The van der Waals surface area contributed by atoms with Crippen molar-refractivity contribution in [3.8, 4) is 0 Å². The van der Waals surface area contributed by atoms with Gasteiger partial charge in [-0.25, -0.2) is 14.4 Å². The number of aryl methyl sites for hydroxylation is 1. The molecular formula is C29H37N3O7. The summed E-state index contributed by atoms with van der Waals surface area (Å²) in [4.78, 5) is 52.7. The first-order valence-corrected chi connectivity index (χ1v) is 13.4. The van der Waals surface area contributed by atoms with Crippen molar-refractivity contribution >= 4 is 40.9 Å². The fourth-order valence-electron chi connectivity index (χ4n) is 4.93. The topological polar surface area (TPSA) is 116 Å². The number of carbonyl (C=O) groups is 4. The molecule has 0 radical (unpaired) electrons. The van der Waals surface area contributed by atoms with E-state index in [4.69, 9.17) is 14.2 Å². The summed E-state index contributed by atoms with van der Waals surface area (Å²) in [5.74, 6) is -1.59. The fourth-order valence-corrected chi connectivity index (χ4v) is 4.93. The van der Waals surface area contributed by atoms with E-state index in [1.165, 1.54) is 4.90 Å². The second kappa shape index (κ2) is 11.9. The van der Waals surface area contributed by atoms with E-state index in [0.717, 1.165) is 29.3 Å². The number of carbonyl (C=O) groups excluding carboxylic acids is 4. The molecule has 3 heterocycles. The van der Waals surface area contributed by atoms with Crippen LogP contribution in [-0.4, -0.2) is 71.9 Å². The van der Waals surface area contributed by atoms with E-state index in [1.54, 1.807) is 4.57 Å². The maximum atomic E-state index is 13.3. The molecule has 0 aliphatic carbocycles. The number of cyclic esters (lactones) is 1. The first-order chi connectivity index (χ1) is 18.6. The minimum absolute atomic E-state index is 0.0121. The Labute approximate surface area is 228 Å². The van der Waals surface area contributed by atoms with Gasteiger partial charge in [-0.05, 0) is 42.4 Å². The third kappa shape index (κ3) is 6.61. The van der Waals surface area contributed by atoms with Crippen LogP contribution in [0.1, 0.15) is 62.5 Å². The van der Waals surface area contributed by atoms with Gasteiger partial charge in [0.25, 0.3) is 0 Å². The summed E-state index contributed by atoms with van der Waals surface area (Å²) in [6.07, 6.45) is 4.96. The Morgan fingerprint density at radius 3 is 2.79 bits per heavy atom. The van der Waals surface area contributed by atoms with Gasteiger partial charge >= 0.3 is 18.0 Å². The van der Waals surface area contributed by atoms with E-state index >= 15 is 0 Å². The normalized spacial score (nSPS) is 23.2. The summed E-state index contributed by atoms with van der Waals surface area (Å²) in [6, 6.07) is 6.77. The van der Waals surface area contributed by atoms with Crippen LogP contribution in [0.15, 0.2) is 30.3 Å². The number of aromatic nitrogens is 1. The molecule has 1 N–H and O–H groups in total. The lowest BCUT2D eigenvalue weighted by Crippen LogP contribution is -2.46. The number of hydrogen-bond acceptors (Lipinski definition) is 7. The zero-order valence-corrected chi connectivity index (χ0v) is 23.0. The Morgan fingerprint density at radius 2 is 2.03 bits per heavy atom. The van der Waals surface area contributed by atoms with Gasteiger partial charge in [-0.3, -0.25) is 4.79 Å². The van der Waals surface area contributed by atoms with Crippen molar-refractivity contribution < 1.29 is 33.4 Å². The number of ether oxygens (including phenoxy) is 3. The zero-order valence-electron chi connectivity index (χ0n) is 23.0.